The molecule has 0 bridgehead atoms. The summed E-state index contributed by atoms with van der Waals surface area (Å²) in [6.07, 6.45) is -4.55. The third kappa shape index (κ3) is 6.53. The van der Waals surface area contributed by atoms with Crippen molar-refractivity contribution >= 4 is 23.2 Å². The molecule has 2 N–H and O–H groups in total. The molecule has 2 aromatic carbocycles. The van der Waals surface area contributed by atoms with Crippen LogP contribution in [-0.2, 0) is 11.0 Å². The zero-order valence-corrected chi connectivity index (χ0v) is 18.5. The van der Waals surface area contributed by atoms with Crippen molar-refractivity contribution in [1.82, 2.24) is 5.32 Å². The van der Waals surface area contributed by atoms with Gasteiger partial charge in [0.1, 0.15) is 0 Å². The van der Waals surface area contributed by atoms with Crippen molar-refractivity contribution in [1.29, 1.82) is 0 Å². The zero-order chi connectivity index (χ0) is 24.1. The van der Waals surface area contributed by atoms with Crippen LogP contribution in [0.4, 0.5) is 24.5 Å². The minimum absolute atomic E-state index is 0.0134. The van der Waals surface area contributed by atoms with Gasteiger partial charge in [-0.2, -0.15) is 13.2 Å². The molecule has 2 rings (SSSR count). The Kier molecular flexibility index (Phi) is 7.96. The molecule has 0 saturated carbocycles. The highest BCUT2D eigenvalue weighted by Crippen LogP contribution is 2.35. The third-order valence-electron chi connectivity index (χ3n) is 4.29. The zero-order valence-electron chi connectivity index (χ0n) is 18.5. The first kappa shape index (κ1) is 24.8. The number of anilines is 2. The highest BCUT2D eigenvalue weighted by molar-refractivity contribution is 6.06. The van der Waals surface area contributed by atoms with E-state index in [1.54, 1.807) is 19.0 Å². The second-order valence-corrected chi connectivity index (χ2v) is 7.45. The lowest BCUT2D eigenvalue weighted by Gasteiger charge is -2.20. The molecule has 0 aliphatic carbocycles. The van der Waals surface area contributed by atoms with Gasteiger partial charge < -0.3 is 25.0 Å². The maximum absolute atomic E-state index is 13.1. The summed E-state index contributed by atoms with van der Waals surface area (Å²) < 4.78 is 50.0. The molecule has 2 amide bonds. The number of hydrogen-bond donors (Lipinski definition) is 2. The topological polar surface area (TPSA) is 79.9 Å². The fraction of sp³-hybridized carbons (Fsp3) is 0.364. The highest BCUT2D eigenvalue weighted by Gasteiger charge is 2.31. The van der Waals surface area contributed by atoms with Gasteiger partial charge in [0.2, 0.25) is 0 Å². The lowest BCUT2D eigenvalue weighted by molar-refractivity contribution is -0.137. The fourth-order valence-electron chi connectivity index (χ4n) is 2.83. The van der Waals surface area contributed by atoms with E-state index in [4.69, 9.17) is 9.47 Å². The highest BCUT2D eigenvalue weighted by atomic mass is 19.4. The Morgan fingerprint density at radius 2 is 1.75 bits per heavy atom. The van der Waals surface area contributed by atoms with Crippen molar-refractivity contribution in [3.05, 3.63) is 47.5 Å². The van der Waals surface area contributed by atoms with Crippen LogP contribution >= 0.6 is 0 Å². The summed E-state index contributed by atoms with van der Waals surface area (Å²) in [5.74, 6) is -0.498. The molecule has 0 aliphatic heterocycles. The van der Waals surface area contributed by atoms with Crippen LogP contribution in [0.3, 0.4) is 0 Å². The number of rotatable bonds is 8. The summed E-state index contributed by atoms with van der Waals surface area (Å²) in [6, 6.07) is 7.35. The van der Waals surface area contributed by atoms with Crippen LogP contribution in [0.1, 0.15) is 29.8 Å². The first-order chi connectivity index (χ1) is 14.9. The number of carbonyl (C=O) groups excluding carboxylic acids is 2. The summed E-state index contributed by atoms with van der Waals surface area (Å²) in [5, 5.41) is 5.21. The van der Waals surface area contributed by atoms with E-state index in [0.29, 0.717) is 5.69 Å². The Labute approximate surface area is 184 Å². The van der Waals surface area contributed by atoms with Gasteiger partial charge in [0.05, 0.1) is 24.0 Å². The first-order valence-electron chi connectivity index (χ1n) is 9.72. The number of alkyl halides is 3. The minimum Gasteiger partial charge on any atom is -0.493 e. The number of ether oxygens (including phenoxy) is 2. The molecule has 10 heteroatoms. The fourth-order valence-corrected chi connectivity index (χ4v) is 2.83. The van der Waals surface area contributed by atoms with E-state index < -0.39 is 17.6 Å². The molecular weight excluding hydrogens is 427 g/mol. The van der Waals surface area contributed by atoms with E-state index in [1.165, 1.54) is 31.4 Å². The molecule has 0 heterocycles. The van der Waals surface area contributed by atoms with Gasteiger partial charge in [0.15, 0.2) is 18.1 Å². The van der Waals surface area contributed by atoms with E-state index in [-0.39, 0.29) is 41.3 Å². The molecule has 0 spiro atoms. The average molecular weight is 453 g/mol. The average Bonchev–Trinajstić information content (AvgIpc) is 2.70. The largest absolute Gasteiger partial charge is 0.493 e. The Morgan fingerprint density at radius 1 is 1.06 bits per heavy atom. The van der Waals surface area contributed by atoms with Crippen molar-refractivity contribution in [2.24, 2.45) is 0 Å². The summed E-state index contributed by atoms with van der Waals surface area (Å²) in [7, 11) is 4.68. The van der Waals surface area contributed by atoms with Crippen LogP contribution in [0.5, 0.6) is 11.5 Å². The molecule has 0 saturated heterocycles. The van der Waals surface area contributed by atoms with Crippen LogP contribution in [0.2, 0.25) is 0 Å². The van der Waals surface area contributed by atoms with E-state index in [2.05, 4.69) is 10.6 Å². The molecule has 0 aliphatic rings. The number of halogens is 3. The minimum atomic E-state index is -4.55. The smallest absolute Gasteiger partial charge is 0.416 e. The van der Waals surface area contributed by atoms with Gasteiger partial charge in [0.25, 0.3) is 11.8 Å². The molecule has 2 aromatic rings. The van der Waals surface area contributed by atoms with Crippen molar-refractivity contribution in [2.75, 3.05) is 38.0 Å². The maximum Gasteiger partial charge on any atom is 0.416 e. The van der Waals surface area contributed by atoms with E-state index in [0.717, 1.165) is 12.1 Å². The van der Waals surface area contributed by atoms with Crippen LogP contribution in [0, 0.1) is 0 Å². The predicted molar refractivity (Wildman–Crippen MR) is 115 cm³/mol. The van der Waals surface area contributed by atoms with Crippen molar-refractivity contribution < 1.29 is 32.2 Å². The molecule has 174 valence electrons. The van der Waals surface area contributed by atoms with Crippen LogP contribution < -0.4 is 25.0 Å². The van der Waals surface area contributed by atoms with Crippen LogP contribution in [-0.4, -0.2) is 45.7 Å². The normalized spacial score (nSPS) is 11.2. The molecule has 7 nitrogen and oxygen atoms in total. The van der Waals surface area contributed by atoms with Crippen molar-refractivity contribution in [3.8, 4) is 11.5 Å². The monoisotopic (exact) mass is 453 g/mol. The lowest BCUT2D eigenvalue weighted by atomic mass is 10.1. The van der Waals surface area contributed by atoms with E-state index in [1.807, 2.05) is 13.8 Å². The Morgan fingerprint density at radius 3 is 2.31 bits per heavy atom. The second kappa shape index (κ2) is 10.3. The molecule has 0 fully saturated rings. The van der Waals surface area contributed by atoms with Gasteiger partial charge in [-0.05, 0) is 50.2 Å². The number of benzene rings is 2. The lowest BCUT2D eigenvalue weighted by Crippen LogP contribution is -2.34. The van der Waals surface area contributed by atoms with Gasteiger partial charge in [0, 0.05) is 25.7 Å². The van der Waals surface area contributed by atoms with Gasteiger partial charge >= 0.3 is 6.18 Å². The SMILES string of the molecule is COc1cc(C(=O)Nc2cc(C(F)(F)F)ccc2N(C)C)ccc1OCC(=O)NC(C)C. The number of hydrogen-bond acceptors (Lipinski definition) is 5. The van der Waals surface area contributed by atoms with Crippen LogP contribution in [0.15, 0.2) is 36.4 Å². The van der Waals surface area contributed by atoms with Gasteiger partial charge in [-0.3, -0.25) is 9.59 Å². The molecule has 0 radical (unpaired) electrons. The summed E-state index contributed by atoms with van der Waals surface area (Å²) in [6.45, 7) is 3.40. The van der Waals surface area contributed by atoms with Gasteiger partial charge in [-0.25, -0.2) is 0 Å². The quantitative estimate of drug-likeness (QED) is 0.633. The molecule has 0 aromatic heterocycles. The van der Waals surface area contributed by atoms with Gasteiger partial charge in [-0.1, -0.05) is 0 Å². The van der Waals surface area contributed by atoms with Crippen molar-refractivity contribution in [2.45, 2.75) is 26.1 Å². The third-order valence-corrected chi connectivity index (χ3v) is 4.29. The molecular formula is C22H26F3N3O4. The summed E-state index contributed by atoms with van der Waals surface area (Å²) >= 11 is 0. The number of nitrogens with zero attached hydrogens (tertiary/aromatic N) is 1. The van der Waals surface area contributed by atoms with Crippen molar-refractivity contribution in [3.63, 3.8) is 0 Å². The van der Waals surface area contributed by atoms with Crippen LogP contribution in [0.25, 0.3) is 0 Å². The maximum atomic E-state index is 13.1. The second-order valence-electron chi connectivity index (χ2n) is 7.45. The Hall–Kier alpha value is -3.43. The Balaban J connectivity index is 2.24. The number of amides is 2. The van der Waals surface area contributed by atoms with E-state index in [9.17, 15) is 22.8 Å². The first-order valence-corrected chi connectivity index (χ1v) is 9.72. The molecule has 0 unspecified atom stereocenters. The predicted octanol–water partition coefficient (Wildman–Crippen LogP) is 3.94. The number of carbonyl (C=O) groups is 2. The number of nitrogens with one attached hydrogen (secondary N) is 2. The summed E-state index contributed by atoms with van der Waals surface area (Å²) in [4.78, 5) is 26.1. The Bertz CT molecular complexity index is 975. The number of methoxy groups -OCH3 is 1. The van der Waals surface area contributed by atoms with Gasteiger partial charge in [-0.15, -0.1) is 0 Å². The summed E-state index contributed by atoms with van der Waals surface area (Å²) in [5.41, 5.74) is -0.309. The standard InChI is InChI=1S/C22H26F3N3O4/c1-13(2)26-20(29)12-32-18-9-6-14(10-19(18)31-5)21(30)27-16-11-15(22(23,24)25)7-8-17(16)28(3)4/h6-11,13H,12H2,1-5H3,(H,26,29)(H,27,30). The van der Waals surface area contributed by atoms with E-state index >= 15 is 0 Å². The molecule has 32 heavy (non-hydrogen) atoms. The molecule has 0 atom stereocenters.